The van der Waals surface area contributed by atoms with Gasteiger partial charge in [0.15, 0.2) is 6.23 Å². The molecule has 1 aromatic heterocycles. The van der Waals surface area contributed by atoms with Gasteiger partial charge in [-0.1, -0.05) is 18.2 Å². The zero-order chi connectivity index (χ0) is 25.4. The van der Waals surface area contributed by atoms with Crippen LogP contribution >= 0.6 is 0 Å². The molecule has 2 saturated heterocycles. The number of benzene rings is 3. The molecule has 0 N–H and O–H groups in total. The Morgan fingerprint density at radius 1 is 1.08 bits per heavy atom. The van der Waals surface area contributed by atoms with Crippen molar-refractivity contribution in [1.82, 2.24) is 19.6 Å². The number of carbonyl (C=O) groups excluding carboxylic acids is 1. The lowest BCUT2D eigenvalue weighted by Crippen LogP contribution is -2.32. The first kappa shape index (κ1) is 23.3. The van der Waals surface area contributed by atoms with Gasteiger partial charge in [-0.3, -0.25) is 0 Å². The molecule has 1 atom stereocenters. The van der Waals surface area contributed by atoms with Crippen molar-refractivity contribution in [3.8, 4) is 23.1 Å². The highest BCUT2D eigenvalue weighted by Crippen LogP contribution is 2.35. The fraction of sp³-hybridized carbons (Fsp3) is 0.345. The fourth-order valence-corrected chi connectivity index (χ4v) is 5.21. The highest BCUT2D eigenvalue weighted by Gasteiger charge is 2.25. The van der Waals surface area contributed by atoms with Crippen LogP contribution in [0.5, 0.6) is 5.75 Å². The second-order valence-corrected chi connectivity index (χ2v) is 9.72. The molecule has 0 bridgehead atoms. The molecule has 6 rings (SSSR count). The molecule has 0 spiro atoms. The zero-order valence-corrected chi connectivity index (χ0v) is 20.9. The van der Waals surface area contributed by atoms with Crippen molar-refractivity contribution in [2.24, 2.45) is 0 Å². The number of rotatable bonds is 6. The normalized spacial score (nSPS) is 18.1. The summed E-state index contributed by atoms with van der Waals surface area (Å²) in [4.78, 5) is 15.6. The molecular formula is C29H29N5O3. The van der Waals surface area contributed by atoms with Crippen molar-refractivity contribution in [3.05, 3.63) is 60.2 Å². The van der Waals surface area contributed by atoms with Gasteiger partial charge in [0.2, 0.25) is 0 Å². The van der Waals surface area contributed by atoms with Crippen LogP contribution in [0.4, 0.5) is 4.79 Å². The van der Waals surface area contributed by atoms with E-state index < -0.39 is 0 Å². The predicted molar refractivity (Wildman–Crippen MR) is 141 cm³/mol. The number of hydrogen-bond donors (Lipinski definition) is 0. The summed E-state index contributed by atoms with van der Waals surface area (Å²) in [5.74, 6) is 0.781. The van der Waals surface area contributed by atoms with Crippen LogP contribution in [0.1, 0.15) is 31.1 Å². The molecule has 2 fully saturated rings. The lowest BCUT2D eigenvalue weighted by atomic mass is 10.0. The molecule has 4 aromatic rings. The molecule has 2 aliphatic heterocycles. The van der Waals surface area contributed by atoms with Crippen LogP contribution in [-0.4, -0.2) is 65.5 Å². The highest BCUT2D eigenvalue weighted by atomic mass is 16.5. The quantitative estimate of drug-likeness (QED) is 0.368. The largest absolute Gasteiger partial charge is 0.492 e. The van der Waals surface area contributed by atoms with Crippen LogP contribution in [0.15, 0.2) is 54.6 Å². The molecule has 37 heavy (non-hydrogen) atoms. The van der Waals surface area contributed by atoms with E-state index in [0.717, 1.165) is 77.6 Å². The Morgan fingerprint density at radius 3 is 2.73 bits per heavy atom. The number of hydrogen-bond acceptors (Lipinski definition) is 5. The average molecular weight is 496 g/mol. The van der Waals surface area contributed by atoms with Crippen LogP contribution in [0, 0.1) is 11.3 Å². The number of amides is 2. The molecule has 2 amide bonds. The summed E-state index contributed by atoms with van der Waals surface area (Å²) in [6.45, 7) is 3.27. The van der Waals surface area contributed by atoms with Gasteiger partial charge in [0.05, 0.1) is 23.7 Å². The van der Waals surface area contributed by atoms with E-state index in [4.69, 9.17) is 14.6 Å². The van der Waals surface area contributed by atoms with Gasteiger partial charge in [0, 0.05) is 37.7 Å². The maximum atomic E-state index is 12.0. The summed E-state index contributed by atoms with van der Waals surface area (Å²) in [6, 6.07) is 20.4. The summed E-state index contributed by atoms with van der Waals surface area (Å²) in [5, 5.41) is 17.6. The molecular weight excluding hydrogens is 466 g/mol. The van der Waals surface area contributed by atoms with Crippen LogP contribution in [-0.2, 0) is 4.74 Å². The molecule has 3 heterocycles. The molecule has 3 aromatic carbocycles. The monoisotopic (exact) mass is 495 g/mol. The van der Waals surface area contributed by atoms with Gasteiger partial charge >= 0.3 is 6.03 Å². The second-order valence-electron chi connectivity index (χ2n) is 9.72. The van der Waals surface area contributed by atoms with E-state index in [-0.39, 0.29) is 12.3 Å². The molecule has 0 radical (unpaired) electrons. The number of aromatic nitrogens is 2. The second kappa shape index (κ2) is 9.75. The SMILES string of the molecule is CN1CCN(CCOc2ccc3cc(-c4nn(C5CCCCO5)c5ccc(C#N)cc45)ccc3c2)C1=O. The van der Waals surface area contributed by atoms with Crippen LogP contribution in [0.3, 0.4) is 0 Å². The summed E-state index contributed by atoms with van der Waals surface area (Å²) in [5.41, 5.74) is 3.44. The van der Waals surface area contributed by atoms with Gasteiger partial charge in [0.1, 0.15) is 18.1 Å². The maximum Gasteiger partial charge on any atom is 0.319 e. The number of carbonyl (C=O) groups is 1. The standard InChI is InChI=1S/C29H29N5O3/c1-32-11-12-33(29(32)35)13-15-36-24-9-8-21-17-23(7-6-22(21)18-24)28-25-16-20(19-30)5-10-26(25)34(31-28)27-4-2-3-14-37-27/h5-10,16-18,27H,2-4,11-15H2,1H3. The Hall–Kier alpha value is -4.09. The van der Waals surface area contributed by atoms with E-state index in [1.165, 1.54) is 0 Å². The van der Waals surface area contributed by atoms with Crippen molar-refractivity contribution in [2.45, 2.75) is 25.5 Å². The van der Waals surface area contributed by atoms with Crippen molar-refractivity contribution in [1.29, 1.82) is 5.26 Å². The van der Waals surface area contributed by atoms with E-state index >= 15 is 0 Å². The lowest BCUT2D eigenvalue weighted by molar-refractivity contribution is -0.0365. The molecule has 0 saturated carbocycles. The minimum absolute atomic E-state index is 0.0570. The first-order chi connectivity index (χ1) is 18.1. The Balaban J connectivity index is 1.27. The Labute approximate surface area is 215 Å². The number of urea groups is 1. The number of fused-ring (bicyclic) bond motifs is 2. The fourth-order valence-electron chi connectivity index (χ4n) is 5.21. The van der Waals surface area contributed by atoms with Crippen molar-refractivity contribution in [2.75, 3.05) is 39.9 Å². The minimum atomic E-state index is -0.0886. The van der Waals surface area contributed by atoms with E-state index in [1.54, 1.807) is 4.90 Å². The number of likely N-dealkylation sites (N-methyl/N-ethyl adjacent to an activating group) is 1. The van der Waals surface area contributed by atoms with Crippen LogP contribution in [0.2, 0.25) is 0 Å². The van der Waals surface area contributed by atoms with E-state index in [0.29, 0.717) is 18.7 Å². The van der Waals surface area contributed by atoms with E-state index in [2.05, 4.69) is 24.3 Å². The third-order valence-electron chi connectivity index (χ3n) is 7.28. The van der Waals surface area contributed by atoms with Gasteiger partial charge in [-0.2, -0.15) is 10.4 Å². The third-order valence-corrected chi connectivity index (χ3v) is 7.28. The molecule has 1 unspecified atom stereocenters. The van der Waals surface area contributed by atoms with Gasteiger partial charge in [-0.05, 0) is 66.4 Å². The summed E-state index contributed by atoms with van der Waals surface area (Å²) < 4.78 is 14.0. The topological polar surface area (TPSA) is 83.6 Å². The van der Waals surface area contributed by atoms with Crippen molar-refractivity contribution >= 4 is 27.7 Å². The van der Waals surface area contributed by atoms with Gasteiger partial charge in [0.25, 0.3) is 0 Å². The van der Waals surface area contributed by atoms with Crippen LogP contribution < -0.4 is 4.74 Å². The van der Waals surface area contributed by atoms with E-state index in [9.17, 15) is 10.1 Å². The molecule has 8 heteroatoms. The van der Waals surface area contributed by atoms with Crippen LogP contribution in [0.25, 0.3) is 32.9 Å². The van der Waals surface area contributed by atoms with Gasteiger partial charge in [-0.15, -0.1) is 0 Å². The zero-order valence-electron chi connectivity index (χ0n) is 20.9. The predicted octanol–water partition coefficient (Wildman–Crippen LogP) is 5.17. The minimum Gasteiger partial charge on any atom is -0.492 e. The Morgan fingerprint density at radius 2 is 1.95 bits per heavy atom. The molecule has 2 aliphatic rings. The van der Waals surface area contributed by atoms with Crippen molar-refractivity contribution < 1.29 is 14.3 Å². The Kier molecular flexibility index (Phi) is 6.15. The summed E-state index contributed by atoms with van der Waals surface area (Å²) >= 11 is 0. The van der Waals surface area contributed by atoms with E-state index in [1.807, 2.05) is 53.0 Å². The molecule has 8 nitrogen and oxygen atoms in total. The number of nitrogens with zero attached hydrogens (tertiary/aromatic N) is 5. The highest BCUT2D eigenvalue weighted by molar-refractivity contribution is 5.97. The number of nitriles is 1. The summed E-state index contributed by atoms with van der Waals surface area (Å²) in [7, 11) is 1.82. The first-order valence-corrected chi connectivity index (χ1v) is 12.8. The molecule has 0 aliphatic carbocycles. The van der Waals surface area contributed by atoms with Crippen molar-refractivity contribution in [3.63, 3.8) is 0 Å². The molecule has 188 valence electrons. The number of ether oxygens (including phenoxy) is 2. The smallest absolute Gasteiger partial charge is 0.319 e. The third kappa shape index (κ3) is 4.47. The van der Waals surface area contributed by atoms with Gasteiger partial charge in [-0.25, -0.2) is 9.48 Å². The lowest BCUT2D eigenvalue weighted by Gasteiger charge is -2.23. The Bertz CT molecular complexity index is 1520. The average Bonchev–Trinajstić information content (AvgIpc) is 3.48. The summed E-state index contributed by atoms with van der Waals surface area (Å²) in [6.07, 6.45) is 3.03. The van der Waals surface area contributed by atoms with Gasteiger partial charge < -0.3 is 19.3 Å². The maximum absolute atomic E-state index is 12.0. The first-order valence-electron chi connectivity index (χ1n) is 12.8.